The first-order valence-corrected chi connectivity index (χ1v) is 6.81. The Bertz CT molecular complexity index is 618. The zero-order valence-electron chi connectivity index (χ0n) is 10.8. The summed E-state index contributed by atoms with van der Waals surface area (Å²) >= 11 is 1.07. The zero-order chi connectivity index (χ0) is 14.5. The first kappa shape index (κ1) is 14.2. The van der Waals surface area contributed by atoms with E-state index in [1.54, 1.807) is 24.4 Å². The lowest BCUT2D eigenvalue weighted by molar-refractivity contribution is -0.116. The highest BCUT2D eigenvalue weighted by Gasteiger charge is 2.09. The molecule has 0 spiro atoms. The molecule has 6 heteroatoms. The molecule has 0 radical (unpaired) electrons. The molecule has 0 aliphatic rings. The van der Waals surface area contributed by atoms with Crippen LogP contribution in [0.1, 0.15) is 28.0 Å². The fourth-order valence-corrected chi connectivity index (χ4v) is 2.26. The van der Waals surface area contributed by atoms with Gasteiger partial charge in [0.05, 0.1) is 5.69 Å². The highest BCUT2D eigenvalue weighted by molar-refractivity contribution is 7.11. The molecule has 0 saturated heterocycles. The van der Waals surface area contributed by atoms with Gasteiger partial charge in [-0.2, -0.15) is 0 Å². The van der Waals surface area contributed by atoms with E-state index in [0.29, 0.717) is 17.9 Å². The summed E-state index contributed by atoms with van der Waals surface area (Å²) in [6.07, 6.45) is 0.411. The van der Waals surface area contributed by atoms with Crippen molar-refractivity contribution in [3.05, 3.63) is 45.9 Å². The number of nitrogens with zero attached hydrogens (tertiary/aromatic N) is 1. The van der Waals surface area contributed by atoms with E-state index in [4.69, 9.17) is 9.84 Å². The molecule has 5 nitrogen and oxygen atoms in total. The van der Waals surface area contributed by atoms with Crippen molar-refractivity contribution in [2.24, 2.45) is 0 Å². The lowest BCUT2D eigenvalue weighted by Gasteiger charge is -2.05. The van der Waals surface area contributed by atoms with E-state index < -0.39 is 5.97 Å². The number of ether oxygens (including phenoxy) is 1. The second kappa shape index (κ2) is 6.29. The molecule has 1 aromatic heterocycles. The normalized spacial score (nSPS) is 10.2. The van der Waals surface area contributed by atoms with Crippen LogP contribution < -0.4 is 4.74 Å². The predicted octanol–water partition coefficient (Wildman–Crippen LogP) is 2.55. The van der Waals surface area contributed by atoms with Crippen molar-refractivity contribution in [1.82, 2.24) is 4.98 Å². The number of aromatic carboxylic acids is 1. The van der Waals surface area contributed by atoms with E-state index >= 15 is 0 Å². The molecule has 0 amide bonds. The summed E-state index contributed by atoms with van der Waals surface area (Å²) in [5, 5.41) is 10.5. The largest absolute Gasteiger partial charge is 0.487 e. The number of Topliss-reactive ketones (excluding diaryl/α,β-unsaturated/α-hetero) is 1. The molecular weight excluding hydrogens is 278 g/mol. The van der Waals surface area contributed by atoms with Gasteiger partial charge in [-0.3, -0.25) is 4.79 Å². The molecule has 0 bridgehead atoms. The molecule has 2 rings (SSSR count). The monoisotopic (exact) mass is 291 g/mol. The number of hydrogen-bond donors (Lipinski definition) is 1. The summed E-state index contributed by atoms with van der Waals surface area (Å²) in [6, 6.07) is 7.23. The Morgan fingerprint density at radius 1 is 1.30 bits per heavy atom. The van der Waals surface area contributed by atoms with Gasteiger partial charge in [-0.15, -0.1) is 11.3 Å². The van der Waals surface area contributed by atoms with Gasteiger partial charge >= 0.3 is 5.97 Å². The second-order valence-corrected chi connectivity index (χ2v) is 5.12. The Balaban J connectivity index is 1.93. The van der Waals surface area contributed by atoms with Gasteiger partial charge in [-0.1, -0.05) is 12.1 Å². The van der Waals surface area contributed by atoms with E-state index in [1.165, 1.54) is 0 Å². The van der Waals surface area contributed by atoms with Crippen LogP contribution in [0.4, 0.5) is 0 Å². The molecule has 0 aliphatic heterocycles. The van der Waals surface area contributed by atoms with Crippen LogP contribution in [0.5, 0.6) is 5.75 Å². The summed E-state index contributed by atoms with van der Waals surface area (Å²) in [4.78, 5) is 25.6. The minimum Gasteiger partial charge on any atom is -0.487 e. The van der Waals surface area contributed by atoms with Gasteiger partial charge in [-0.05, 0) is 24.6 Å². The molecule has 1 N–H and O–H groups in total. The Labute approximate surface area is 119 Å². The maximum absolute atomic E-state index is 11.0. The van der Waals surface area contributed by atoms with Crippen LogP contribution in [0.25, 0.3) is 0 Å². The topological polar surface area (TPSA) is 76.5 Å². The lowest BCUT2D eigenvalue weighted by Crippen LogP contribution is -1.99. The summed E-state index contributed by atoms with van der Waals surface area (Å²) in [5.74, 6) is -0.264. The maximum atomic E-state index is 11.0. The zero-order valence-corrected chi connectivity index (χ0v) is 11.6. The van der Waals surface area contributed by atoms with Crippen LogP contribution >= 0.6 is 11.3 Å². The first-order chi connectivity index (χ1) is 9.54. The van der Waals surface area contributed by atoms with Crippen LogP contribution in [0, 0.1) is 0 Å². The van der Waals surface area contributed by atoms with Gasteiger partial charge in [0, 0.05) is 11.8 Å². The molecule has 0 atom stereocenters. The molecule has 1 heterocycles. The van der Waals surface area contributed by atoms with Crippen LogP contribution in [-0.2, 0) is 17.8 Å². The maximum Gasteiger partial charge on any atom is 0.365 e. The van der Waals surface area contributed by atoms with Crippen LogP contribution in [0.3, 0.4) is 0 Å². The highest BCUT2D eigenvalue weighted by Crippen LogP contribution is 2.16. The third kappa shape index (κ3) is 3.89. The van der Waals surface area contributed by atoms with Crippen molar-refractivity contribution in [1.29, 1.82) is 0 Å². The number of carbonyl (C=O) groups is 2. The van der Waals surface area contributed by atoms with Crippen molar-refractivity contribution < 1.29 is 19.4 Å². The first-order valence-electron chi connectivity index (χ1n) is 5.93. The molecule has 1 aromatic carbocycles. The molecular formula is C14H13NO4S. The average molecular weight is 291 g/mol. The number of carboxylic acids is 1. The second-order valence-electron chi connectivity index (χ2n) is 4.26. The number of hydrogen-bond acceptors (Lipinski definition) is 5. The van der Waals surface area contributed by atoms with E-state index in [2.05, 4.69) is 4.98 Å². The van der Waals surface area contributed by atoms with Crippen molar-refractivity contribution >= 4 is 23.1 Å². The van der Waals surface area contributed by atoms with Crippen LogP contribution in [0.15, 0.2) is 29.6 Å². The SMILES string of the molecule is CC(=O)Cc1ccc(OCc2csc(C(=O)O)n2)cc1. The average Bonchev–Trinajstić information content (AvgIpc) is 2.86. The summed E-state index contributed by atoms with van der Waals surface area (Å²) in [7, 11) is 0. The van der Waals surface area contributed by atoms with E-state index in [-0.39, 0.29) is 17.4 Å². The van der Waals surface area contributed by atoms with Gasteiger partial charge in [0.25, 0.3) is 0 Å². The summed E-state index contributed by atoms with van der Waals surface area (Å²) in [5.41, 5.74) is 1.52. The van der Waals surface area contributed by atoms with E-state index in [0.717, 1.165) is 16.9 Å². The molecule has 104 valence electrons. The summed E-state index contributed by atoms with van der Waals surface area (Å²) in [6.45, 7) is 1.77. The number of carboxylic acid groups (broad SMARTS) is 1. The summed E-state index contributed by atoms with van der Waals surface area (Å²) < 4.78 is 5.51. The lowest BCUT2D eigenvalue weighted by atomic mass is 10.1. The van der Waals surface area contributed by atoms with Gasteiger partial charge in [0.15, 0.2) is 0 Å². The molecule has 0 aliphatic carbocycles. The smallest absolute Gasteiger partial charge is 0.365 e. The number of aromatic nitrogens is 1. The van der Waals surface area contributed by atoms with Gasteiger partial charge < -0.3 is 9.84 Å². The fraction of sp³-hybridized carbons (Fsp3) is 0.214. The molecule has 0 fully saturated rings. The quantitative estimate of drug-likeness (QED) is 0.885. The van der Waals surface area contributed by atoms with Crippen molar-refractivity contribution in [3.8, 4) is 5.75 Å². The minimum absolute atomic E-state index is 0.0559. The molecule has 0 saturated carbocycles. The number of ketones is 1. The van der Waals surface area contributed by atoms with Crippen molar-refractivity contribution in [2.45, 2.75) is 20.0 Å². The van der Waals surface area contributed by atoms with Crippen LogP contribution in [0.2, 0.25) is 0 Å². The Hall–Kier alpha value is -2.21. The predicted molar refractivity (Wildman–Crippen MR) is 74.2 cm³/mol. The van der Waals surface area contributed by atoms with Crippen molar-refractivity contribution in [3.63, 3.8) is 0 Å². The Morgan fingerprint density at radius 2 is 2.00 bits per heavy atom. The van der Waals surface area contributed by atoms with Crippen LogP contribution in [-0.4, -0.2) is 21.8 Å². The molecule has 20 heavy (non-hydrogen) atoms. The highest BCUT2D eigenvalue weighted by atomic mass is 32.1. The van der Waals surface area contributed by atoms with E-state index in [9.17, 15) is 9.59 Å². The van der Waals surface area contributed by atoms with Gasteiger partial charge in [-0.25, -0.2) is 9.78 Å². The fourth-order valence-electron chi connectivity index (χ4n) is 1.62. The van der Waals surface area contributed by atoms with E-state index in [1.807, 2.05) is 12.1 Å². The van der Waals surface area contributed by atoms with Gasteiger partial charge in [0.1, 0.15) is 18.1 Å². The third-order valence-corrected chi connectivity index (χ3v) is 3.38. The minimum atomic E-state index is -1.03. The number of carbonyl (C=O) groups excluding carboxylic acids is 1. The number of rotatable bonds is 6. The van der Waals surface area contributed by atoms with Crippen molar-refractivity contribution in [2.75, 3.05) is 0 Å². The third-order valence-electron chi connectivity index (χ3n) is 2.50. The molecule has 2 aromatic rings. The van der Waals surface area contributed by atoms with Gasteiger partial charge in [0.2, 0.25) is 5.01 Å². The Kier molecular flexibility index (Phi) is 4.47. The Morgan fingerprint density at radius 3 is 2.55 bits per heavy atom. The molecule has 0 unspecified atom stereocenters. The number of benzene rings is 1. The standard InChI is InChI=1S/C14H13NO4S/c1-9(16)6-10-2-4-12(5-3-10)19-7-11-8-20-13(15-11)14(17)18/h2-5,8H,6-7H2,1H3,(H,17,18). The number of thiazole rings is 1.